The minimum Gasteiger partial charge on any atom is -0.351 e. The Bertz CT molecular complexity index is 445. The van der Waals surface area contributed by atoms with Gasteiger partial charge in [-0.25, -0.2) is 0 Å². The van der Waals surface area contributed by atoms with Crippen molar-refractivity contribution in [2.45, 2.75) is 13.3 Å². The molecule has 0 atom stereocenters. The van der Waals surface area contributed by atoms with E-state index in [1.807, 2.05) is 24.4 Å². The summed E-state index contributed by atoms with van der Waals surface area (Å²) < 4.78 is 0.954. The Morgan fingerprint density at radius 3 is 3.00 bits per heavy atom. The Labute approximate surface area is 107 Å². The summed E-state index contributed by atoms with van der Waals surface area (Å²) in [5.74, 6) is -0.311. The van der Waals surface area contributed by atoms with Crippen LogP contribution in [0.25, 0.3) is 6.08 Å². The maximum absolute atomic E-state index is 11.5. The van der Waals surface area contributed by atoms with Crippen LogP contribution in [0.4, 0.5) is 0 Å². The van der Waals surface area contributed by atoms with E-state index >= 15 is 0 Å². The van der Waals surface area contributed by atoms with Crippen LogP contribution in [0.1, 0.15) is 18.2 Å². The predicted molar refractivity (Wildman–Crippen MR) is 68.9 cm³/mol. The van der Waals surface area contributed by atoms with Gasteiger partial charge in [-0.2, -0.15) is 5.26 Å². The molecule has 0 aliphatic rings. The van der Waals surface area contributed by atoms with Crippen molar-refractivity contribution in [3.05, 3.63) is 26.4 Å². The molecule has 16 heavy (non-hydrogen) atoms. The highest BCUT2D eigenvalue weighted by Gasteiger charge is 2.08. The Kier molecular flexibility index (Phi) is 5.23. The second-order valence-corrected chi connectivity index (χ2v) is 4.95. The van der Waals surface area contributed by atoms with Crippen molar-refractivity contribution in [2.75, 3.05) is 6.54 Å². The number of nitrogens with one attached hydrogen (secondary N) is 1. The topological polar surface area (TPSA) is 52.9 Å². The van der Waals surface area contributed by atoms with Crippen LogP contribution in [-0.2, 0) is 4.79 Å². The summed E-state index contributed by atoms with van der Waals surface area (Å²) in [6, 6.07) is 3.78. The molecule has 1 rings (SSSR count). The lowest BCUT2D eigenvalue weighted by atomic mass is 10.2. The molecular formula is C11H11BrN2OS. The molecule has 0 radical (unpaired) electrons. The number of nitriles is 1. The first kappa shape index (κ1) is 12.9. The Balaban J connectivity index is 2.78. The molecule has 0 aliphatic carbocycles. The number of carbonyl (C=O) groups excluding carboxylic acids is 1. The summed E-state index contributed by atoms with van der Waals surface area (Å²) in [5, 5.41) is 13.5. The molecule has 0 bridgehead atoms. The maximum atomic E-state index is 11.5. The molecule has 0 saturated carbocycles. The lowest BCUT2D eigenvalue weighted by Crippen LogP contribution is -2.24. The highest BCUT2D eigenvalue weighted by molar-refractivity contribution is 9.10. The molecule has 3 nitrogen and oxygen atoms in total. The minimum absolute atomic E-state index is 0.141. The molecule has 1 aromatic heterocycles. The monoisotopic (exact) mass is 298 g/mol. The third-order valence-corrected chi connectivity index (χ3v) is 3.42. The van der Waals surface area contributed by atoms with Crippen LogP contribution in [-0.4, -0.2) is 12.5 Å². The highest BCUT2D eigenvalue weighted by atomic mass is 79.9. The lowest BCUT2D eigenvalue weighted by molar-refractivity contribution is -0.117. The molecular weight excluding hydrogens is 288 g/mol. The fourth-order valence-corrected chi connectivity index (χ4v) is 2.40. The summed E-state index contributed by atoms with van der Waals surface area (Å²) in [5.41, 5.74) is 0.141. The summed E-state index contributed by atoms with van der Waals surface area (Å²) in [6.07, 6.45) is 2.45. The van der Waals surface area contributed by atoms with Crippen LogP contribution in [0.3, 0.4) is 0 Å². The van der Waals surface area contributed by atoms with Gasteiger partial charge in [0.1, 0.15) is 11.6 Å². The van der Waals surface area contributed by atoms with E-state index in [4.69, 9.17) is 5.26 Å². The zero-order valence-electron chi connectivity index (χ0n) is 8.79. The van der Waals surface area contributed by atoms with Crippen molar-refractivity contribution in [3.63, 3.8) is 0 Å². The fourth-order valence-electron chi connectivity index (χ4n) is 1.03. The number of rotatable bonds is 4. The first-order valence-corrected chi connectivity index (χ1v) is 6.48. The van der Waals surface area contributed by atoms with E-state index in [1.165, 1.54) is 11.3 Å². The van der Waals surface area contributed by atoms with Gasteiger partial charge in [-0.05, 0) is 34.5 Å². The smallest absolute Gasteiger partial charge is 0.261 e. The number of nitrogens with zero attached hydrogens (tertiary/aromatic N) is 1. The van der Waals surface area contributed by atoms with E-state index in [-0.39, 0.29) is 11.5 Å². The zero-order chi connectivity index (χ0) is 12.0. The minimum atomic E-state index is -0.311. The Morgan fingerprint density at radius 2 is 2.50 bits per heavy atom. The van der Waals surface area contributed by atoms with Gasteiger partial charge in [-0.15, -0.1) is 11.3 Å². The summed E-state index contributed by atoms with van der Waals surface area (Å²) in [4.78, 5) is 12.4. The average Bonchev–Trinajstić information content (AvgIpc) is 2.68. The van der Waals surface area contributed by atoms with Gasteiger partial charge in [0.2, 0.25) is 0 Å². The van der Waals surface area contributed by atoms with Crippen LogP contribution in [0, 0.1) is 11.3 Å². The van der Waals surface area contributed by atoms with Crippen molar-refractivity contribution in [2.24, 2.45) is 0 Å². The van der Waals surface area contributed by atoms with Crippen molar-refractivity contribution >= 4 is 39.2 Å². The van der Waals surface area contributed by atoms with E-state index in [9.17, 15) is 4.79 Å². The van der Waals surface area contributed by atoms with Crippen LogP contribution in [0.2, 0.25) is 0 Å². The summed E-state index contributed by atoms with van der Waals surface area (Å²) in [7, 11) is 0. The van der Waals surface area contributed by atoms with Gasteiger partial charge in [-0.1, -0.05) is 6.92 Å². The number of halogens is 1. The number of amides is 1. The molecule has 1 heterocycles. The second kappa shape index (κ2) is 6.46. The quantitative estimate of drug-likeness (QED) is 0.686. The van der Waals surface area contributed by atoms with E-state index in [0.717, 1.165) is 15.8 Å². The van der Waals surface area contributed by atoms with Gasteiger partial charge in [-0.3, -0.25) is 4.79 Å². The molecule has 1 amide bonds. The van der Waals surface area contributed by atoms with Crippen molar-refractivity contribution in [1.29, 1.82) is 5.26 Å². The molecule has 0 spiro atoms. The molecule has 0 aliphatic heterocycles. The van der Waals surface area contributed by atoms with Crippen LogP contribution >= 0.6 is 27.3 Å². The Morgan fingerprint density at radius 1 is 1.75 bits per heavy atom. The number of hydrogen-bond acceptors (Lipinski definition) is 3. The second-order valence-electron chi connectivity index (χ2n) is 3.09. The first-order valence-electron chi connectivity index (χ1n) is 4.81. The molecule has 0 saturated heterocycles. The van der Waals surface area contributed by atoms with E-state index < -0.39 is 0 Å². The van der Waals surface area contributed by atoms with Crippen molar-refractivity contribution < 1.29 is 4.79 Å². The van der Waals surface area contributed by atoms with Crippen LogP contribution < -0.4 is 5.32 Å². The SMILES string of the molecule is CCCNC(=O)/C(C#N)=C/c1cc(Br)cs1. The van der Waals surface area contributed by atoms with Crippen molar-refractivity contribution in [3.8, 4) is 6.07 Å². The van der Waals surface area contributed by atoms with Gasteiger partial charge in [0.25, 0.3) is 5.91 Å². The molecule has 84 valence electrons. The molecule has 1 aromatic rings. The van der Waals surface area contributed by atoms with E-state index in [2.05, 4.69) is 21.2 Å². The molecule has 0 fully saturated rings. The predicted octanol–water partition coefficient (Wildman–Crippen LogP) is 2.94. The lowest BCUT2D eigenvalue weighted by Gasteiger charge is -2.00. The third-order valence-electron chi connectivity index (χ3n) is 1.77. The zero-order valence-corrected chi connectivity index (χ0v) is 11.2. The molecule has 5 heteroatoms. The van der Waals surface area contributed by atoms with Crippen molar-refractivity contribution in [1.82, 2.24) is 5.32 Å². The van der Waals surface area contributed by atoms with Gasteiger partial charge in [0, 0.05) is 21.3 Å². The third kappa shape index (κ3) is 3.80. The molecule has 0 unspecified atom stereocenters. The number of carbonyl (C=O) groups is 1. The van der Waals surface area contributed by atoms with Crippen LogP contribution in [0.5, 0.6) is 0 Å². The molecule has 0 aromatic carbocycles. The van der Waals surface area contributed by atoms with E-state index in [0.29, 0.717) is 6.54 Å². The maximum Gasteiger partial charge on any atom is 0.261 e. The van der Waals surface area contributed by atoms with Gasteiger partial charge < -0.3 is 5.32 Å². The number of hydrogen-bond donors (Lipinski definition) is 1. The summed E-state index contributed by atoms with van der Waals surface area (Å²) in [6.45, 7) is 2.55. The first-order chi connectivity index (χ1) is 7.67. The van der Waals surface area contributed by atoms with Gasteiger partial charge in [0.05, 0.1) is 0 Å². The number of thiophene rings is 1. The molecule has 1 N–H and O–H groups in total. The highest BCUT2D eigenvalue weighted by Crippen LogP contribution is 2.21. The van der Waals surface area contributed by atoms with Gasteiger partial charge >= 0.3 is 0 Å². The fraction of sp³-hybridized carbons (Fsp3) is 0.273. The Hall–Kier alpha value is -1.12. The largest absolute Gasteiger partial charge is 0.351 e. The van der Waals surface area contributed by atoms with Crippen LogP contribution in [0.15, 0.2) is 21.5 Å². The normalized spacial score (nSPS) is 10.9. The average molecular weight is 299 g/mol. The van der Waals surface area contributed by atoms with E-state index in [1.54, 1.807) is 6.08 Å². The van der Waals surface area contributed by atoms with Gasteiger partial charge in [0.15, 0.2) is 0 Å². The standard InChI is InChI=1S/C11H11BrN2OS/c1-2-3-14-11(15)8(6-13)4-10-5-9(12)7-16-10/h4-5,7H,2-3H2,1H3,(H,14,15)/b8-4+. The summed E-state index contributed by atoms with van der Waals surface area (Å²) >= 11 is 4.80.